The Balaban J connectivity index is 2.31. The second-order valence-electron chi connectivity index (χ2n) is 4.79. The Labute approximate surface area is 116 Å². The van der Waals surface area contributed by atoms with Gasteiger partial charge in [0.2, 0.25) is 0 Å². The summed E-state index contributed by atoms with van der Waals surface area (Å²) >= 11 is 0. The maximum atomic E-state index is 4.10. The molecule has 0 fully saturated rings. The first-order chi connectivity index (χ1) is 9.17. The molecule has 4 nitrogen and oxygen atoms in total. The molecule has 19 heavy (non-hydrogen) atoms. The van der Waals surface area contributed by atoms with E-state index in [4.69, 9.17) is 0 Å². The third-order valence-corrected chi connectivity index (χ3v) is 3.34. The summed E-state index contributed by atoms with van der Waals surface area (Å²) in [6.07, 6.45) is 1.09. The van der Waals surface area contributed by atoms with E-state index in [0.29, 0.717) is 6.04 Å². The van der Waals surface area contributed by atoms with Gasteiger partial charge in [0.1, 0.15) is 0 Å². The molecule has 0 bridgehead atoms. The van der Waals surface area contributed by atoms with Crippen molar-refractivity contribution in [1.29, 1.82) is 0 Å². The number of guanidine groups is 1. The van der Waals surface area contributed by atoms with E-state index in [1.54, 1.807) is 7.05 Å². The third-order valence-electron chi connectivity index (χ3n) is 3.34. The van der Waals surface area contributed by atoms with Gasteiger partial charge < -0.3 is 10.6 Å². The molecule has 0 aliphatic rings. The Morgan fingerprint density at radius 3 is 2.58 bits per heavy atom. The Hall–Kier alpha value is -1.55. The largest absolute Gasteiger partial charge is 0.359 e. The van der Waals surface area contributed by atoms with Crippen LogP contribution < -0.4 is 10.6 Å². The quantitative estimate of drug-likeness (QED) is 0.605. The minimum absolute atomic E-state index is 0.530. The summed E-state index contributed by atoms with van der Waals surface area (Å²) in [5.41, 5.74) is 1.36. The zero-order valence-electron chi connectivity index (χ0n) is 12.5. The van der Waals surface area contributed by atoms with Crippen LogP contribution in [0.2, 0.25) is 0 Å². The van der Waals surface area contributed by atoms with Crippen molar-refractivity contribution in [3.8, 4) is 0 Å². The van der Waals surface area contributed by atoms with Gasteiger partial charge in [-0.3, -0.25) is 9.89 Å². The molecule has 1 aromatic rings. The SMILES string of the molecule is CN=C(NC)NCCC(C)N(C)Cc1ccccc1. The van der Waals surface area contributed by atoms with Crippen LogP contribution in [0.4, 0.5) is 0 Å². The van der Waals surface area contributed by atoms with Gasteiger partial charge in [0.15, 0.2) is 5.96 Å². The van der Waals surface area contributed by atoms with Crippen molar-refractivity contribution in [2.45, 2.75) is 25.9 Å². The van der Waals surface area contributed by atoms with Gasteiger partial charge in [0, 0.05) is 33.2 Å². The molecular weight excluding hydrogens is 236 g/mol. The molecular formula is C15H26N4. The first kappa shape index (κ1) is 15.5. The van der Waals surface area contributed by atoms with Crippen LogP contribution in [0, 0.1) is 0 Å². The maximum Gasteiger partial charge on any atom is 0.190 e. The van der Waals surface area contributed by atoms with Crippen molar-refractivity contribution in [2.75, 3.05) is 27.7 Å². The van der Waals surface area contributed by atoms with Crippen LogP contribution in [0.3, 0.4) is 0 Å². The number of aliphatic imine (C=N–C) groups is 1. The molecule has 1 atom stereocenters. The molecule has 1 unspecified atom stereocenters. The van der Waals surface area contributed by atoms with E-state index < -0.39 is 0 Å². The predicted molar refractivity (Wildman–Crippen MR) is 82.4 cm³/mol. The number of nitrogens with one attached hydrogen (secondary N) is 2. The third kappa shape index (κ3) is 5.75. The summed E-state index contributed by atoms with van der Waals surface area (Å²) < 4.78 is 0. The van der Waals surface area contributed by atoms with Crippen LogP contribution in [-0.2, 0) is 6.54 Å². The molecule has 2 N–H and O–H groups in total. The van der Waals surface area contributed by atoms with Crippen LogP contribution in [0.5, 0.6) is 0 Å². The lowest BCUT2D eigenvalue weighted by Crippen LogP contribution is -2.38. The van der Waals surface area contributed by atoms with Gasteiger partial charge >= 0.3 is 0 Å². The van der Waals surface area contributed by atoms with Crippen LogP contribution in [0.25, 0.3) is 0 Å². The average molecular weight is 262 g/mol. The molecule has 106 valence electrons. The highest BCUT2D eigenvalue weighted by molar-refractivity contribution is 5.79. The highest BCUT2D eigenvalue weighted by atomic mass is 15.2. The number of hydrogen-bond donors (Lipinski definition) is 2. The molecule has 0 saturated carbocycles. The molecule has 0 aliphatic heterocycles. The molecule has 0 radical (unpaired) electrons. The van der Waals surface area contributed by atoms with Crippen LogP contribution in [0.15, 0.2) is 35.3 Å². The highest BCUT2D eigenvalue weighted by Crippen LogP contribution is 2.07. The van der Waals surface area contributed by atoms with Crippen LogP contribution in [0.1, 0.15) is 18.9 Å². The molecule has 0 saturated heterocycles. The van der Waals surface area contributed by atoms with Crippen molar-refractivity contribution < 1.29 is 0 Å². The van der Waals surface area contributed by atoms with E-state index in [0.717, 1.165) is 25.5 Å². The van der Waals surface area contributed by atoms with E-state index in [1.807, 2.05) is 7.05 Å². The summed E-state index contributed by atoms with van der Waals surface area (Å²) in [5.74, 6) is 0.845. The summed E-state index contributed by atoms with van der Waals surface area (Å²) in [6.45, 7) is 4.17. The fourth-order valence-electron chi connectivity index (χ4n) is 1.93. The summed E-state index contributed by atoms with van der Waals surface area (Å²) in [7, 11) is 5.83. The zero-order chi connectivity index (χ0) is 14.1. The fraction of sp³-hybridized carbons (Fsp3) is 0.533. The molecule has 0 amide bonds. The topological polar surface area (TPSA) is 39.7 Å². The maximum absolute atomic E-state index is 4.10. The first-order valence-corrected chi connectivity index (χ1v) is 6.80. The number of benzene rings is 1. The Bertz CT molecular complexity index is 375. The number of hydrogen-bond acceptors (Lipinski definition) is 2. The van der Waals surface area contributed by atoms with E-state index >= 15 is 0 Å². The summed E-state index contributed by atoms with van der Waals surface area (Å²) in [4.78, 5) is 6.47. The standard InChI is InChI=1S/C15H26N4/c1-13(10-11-18-15(16-2)17-3)19(4)12-14-8-6-5-7-9-14/h5-9,13H,10-12H2,1-4H3,(H2,16,17,18). The normalized spacial score (nSPS) is 13.4. The van der Waals surface area contributed by atoms with Crippen molar-refractivity contribution >= 4 is 5.96 Å². The molecule has 0 aromatic heterocycles. The van der Waals surface area contributed by atoms with Gasteiger partial charge in [-0.05, 0) is 26.0 Å². The molecule has 0 heterocycles. The average Bonchev–Trinajstić information content (AvgIpc) is 2.44. The first-order valence-electron chi connectivity index (χ1n) is 6.80. The number of rotatable bonds is 6. The van der Waals surface area contributed by atoms with Gasteiger partial charge in [-0.25, -0.2) is 0 Å². The van der Waals surface area contributed by atoms with Gasteiger partial charge in [0.25, 0.3) is 0 Å². The number of nitrogens with zero attached hydrogens (tertiary/aromatic N) is 2. The lowest BCUT2D eigenvalue weighted by Gasteiger charge is -2.25. The van der Waals surface area contributed by atoms with Gasteiger partial charge in [-0.1, -0.05) is 30.3 Å². The molecule has 1 aromatic carbocycles. The Kier molecular flexibility index (Phi) is 6.97. The van der Waals surface area contributed by atoms with Crippen molar-refractivity contribution in [2.24, 2.45) is 4.99 Å². The summed E-state index contributed by atoms with van der Waals surface area (Å²) in [6, 6.07) is 11.1. The lowest BCUT2D eigenvalue weighted by molar-refractivity contribution is 0.238. The lowest BCUT2D eigenvalue weighted by atomic mass is 10.1. The minimum atomic E-state index is 0.530. The summed E-state index contributed by atoms with van der Waals surface area (Å²) in [5, 5.41) is 6.30. The van der Waals surface area contributed by atoms with Crippen molar-refractivity contribution in [3.63, 3.8) is 0 Å². The van der Waals surface area contributed by atoms with Crippen LogP contribution in [-0.4, -0.2) is 44.6 Å². The molecule has 1 rings (SSSR count). The predicted octanol–water partition coefficient (Wildman–Crippen LogP) is 1.69. The zero-order valence-corrected chi connectivity index (χ0v) is 12.5. The Morgan fingerprint density at radius 2 is 2.00 bits per heavy atom. The van der Waals surface area contributed by atoms with E-state index in [2.05, 4.69) is 64.8 Å². The second kappa shape index (κ2) is 8.53. The van der Waals surface area contributed by atoms with Gasteiger partial charge in [-0.2, -0.15) is 0 Å². The molecule has 0 spiro atoms. The van der Waals surface area contributed by atoms with Crippen molar-refractivity contribution in [1.82, 2.24) is 15.5 Å². The second-order valence-corrected chi connectivity index (χ2v) is 4.79. The minimum Gasteiger partial charge on any atom is -0.359 e. The monoisotopic (exact) mass is 262 g/mol. The smallest absolute Gasteiger partial charge is 0.190 e. The van der Waals surface area contributed by atoms with E-state index in [-0.39, 0.29) is 0 Å². The fourth-order valence-corrected chi connectivity index (χ4v) is 1.93. The highest BCUT2D eigenvalue weighted by Gasteiger charge is 2.09. The van der Waals surface area contributed by atoms with Gasteiger partial charge in [0.05, 0.1) is 0 Å². The van der Waals surface area contributed by atoms with Gasteiger partial charge in [-0.15, -0.1) is 0 Å². The Morgan fingerprint density at radius 1 is 1.32 bits per heavy atom. The molecule has 4 heteroatoms. The van der Waals surface area contributed by atoms with E-state index in [9.17, 15) is 0 Å². The van der Waals surface area contributed by atoms with Crippen molar-refractivity contribution in [3.05, 3.63) is 35.9 Å². The van der Waals surface area contributed by atoms with Crippen LogP contribution >= 0.6 is 0 Å². The molecule has 0 aliphatic carbocycles. The van der Waals surface area contributed by atoms with E-state index in [1.165, 1.54) is 5.56 Å².